The van der Waals surface area contributed by atoms with Crippen molar-refractivity contribution in [1.82, 2.24) is 14.9 Å². The van der Waals surface area contributed by atoms with Gasteiger partial charge < -0.3 is 10.1 Å². The number of para-hydroxylation sites is 1. The zero-order chi connectivity index (χ0) is 21.8. The lowest BCUT2D eigenvalue weighted by Crippen LogP contribution is -2.26. The van der Waals surface area contributed by atoms with Gasteiger partial charge in [0.25, 0.3) is 5.56 Å². The molecule has 0 aliphatic heterocycles. The maximum atomic E-state index is 13.2. The first-order valence-electron chi connectivity index (χ1n) is 9.69. The van der Waals surface area contributed by atoms with E-state index in [9.17, 15) is 9.59 Å². The minimum Gasteiger partial charge on any atom is -0.496 e. The highest BCUT2D eigenvalue weighted by atomic mass is 32.2. The number of nitrogens with zero attached hydrogens (tertiary/aromatic N) is 2. The number of hydrogen-bond donors (Lipinski definition) is 1. The Morgan fingerprint density at radius 3 is 2.81 bits per heavy atom. The number of amides is 1. The third-order valence-corrected chi connectivity index (χ3v) is 7.51. The van der Waals surface area contributed by atoms with Gasteiger partial charge in [0.1, 0.15) is 10.6 Å². The highest BCUT2D eigenvalue weighted by molar-refractivity contribution is 7.99. The number of benzene rings is 1. The van der Waals surface area contributed by atoms with Crippen molar-refractivity contribution in [2.45, 2.75) is 25.2 Å². The molecule has 160 valence electrons. The second-order valence-corrected chi connectivity index (χ2v) is 9.38. The summed E-state index contributed by atoms with van der Waals surface area (Å²) in [4.78, 5) is 32.1. The molecule has 0 aliphatic carbocycles. The SMILES string of the molecule is CCn1c(SCC(=O)NCc2ccccc2OC)nc2scc(-c3cccs3)c2c1=O. The zero-order valence-corrected chi connectivity index (χ0v) is 19.5. The van der Waals surface area contributed by atoms with Crippen molar-refractivity contribution in [2.24, 2.45) is 0 Å². The Morgan fingerprint density at radius 1 is 1.23 bits per heavy atom. The Kier molecular flexibility index (Phi) is 6.74. The number of rotatable bonds is 8. The molecular formula is C22H21N3O3S3. The van der Waals surface area contributed by atoms with Crippen molar-refractivity contribution in [3.8, 4) is 16.2 Å². The number of hydrogen-bond acceptors (Lipinski definition) is 7. The maximum absolute atomic E-state index is 13.2. The molecular weight excluding hydrogens is 450 g/mol. The predicted molar refractivity (Wildman–Crippen MR) is 128 cm³/mol. The van der Waals surface area contributed by atoms with Crippen molar-refractivity contribution in [2.75, 3.05) is 12.9 Å². The van der Waals surface area contributed by atoms with Gasteiger partial charge in [-0.2, -0.15) is 0 Å². The van der Waals surface area contributed by atoms with E-state index >= 15 is 0 Å². The molecule has 9 heteroatoms. The van der Waals surface area contributed by atoms with E-state index in [2.05, 4.69) is 5.32 Å². The van der Waals surface area contributed by atoms with E-state index in [4.69, 9.17) is 9.72 Å². The van der Waals surface area contributed by atoms with Crippen LogP contribution in [0.15, 0.2) is 57.1 Å². The number of carbonyl (C=O) groups is 1. The van der Waals surface area contributed by atoms with Gasteiger partial charge in [0, 0.05) is 34.5 Å². The summed E-state index contributed by atoms with van der Waals surface area (Å²) < 4.78 is 6.96. The number of aromatic nitrogens is 2. The second-order valence-electron chi connectivity index (χ2n) is 6.63. The summed E-state index contributed by atoms with van der Waals surface area (Å²) in [6, 6.07) is 11.6. The third kappa shape index (κ3) is 4.53. The molecule has 4 rings (SSSR count). The Morgan fingerprint density at radius 2 is 2.06 bits per heavy atom. The van der Waals surface area contributed by atoms with Gasteiger partial charge in [0.2, 0.25) is 5.91 Å². The predicted octanol–water partition coefficient (Wildman–Crippen LogP) is 4.62. The molecule has 0 radical (unpaired) electrons. The monoisotopic (exact) mass is 471 g/mol. The number of nitrogens with one attached hydrogen (secondary N) is 1. The molecule has 4 aromatic rings. The van der Waals surface area contributed by atoms with Crippen LogP contribution in [-0.2, 0) is 17.9 Å². The quantitative estimate of drug-likeness (QED) is 0.300. The van der Waals surface area contributed by atoms with E-state index < -0.39 is 0 Å². The number of thioether (sulfide) groups is 1. The Balaban J connectivity index is 1.51. The van der Waals surface area contributed by atoms with Crippen molar-refractivity contribution in [1.29, 1.82) is 0 Å². The number of thiophene rings is 2. The first kappa shape index (κ1) is 21.6. The molecule has 1 aromatic carbocycles. The van der Waals surface area contributed by atoms with Crippen LogP contribution in [0.4, 0.5) is 0 Å². The molecule has 31 heavy (non-hydrogen) atoms. The lowest BCUT2D eigenvalue weighted by Gasteiger charge is -2.11. The van der Waals surface area contributed by atoms with Gasteiger partial charge in [-0.3, -0.25) is 14.2 Å². The molecule has 1 amide bonds. The van der Waals surface area contributed by atoms with Crippen molar-refractivity contribution in [3.63, 3.8) is 0 Å². The van der Waals surface area contributed by atoms with Crippen LogP contribution in [0.3, 0.4) is 0 Å². The van der Waals surface area contributed by atoms with E-state index in [0.29, 0.717) is 28.5 Å². The molecule has 0 atom stereocenters. The van der Waals surface area contributed by atoms with Gasteiger partial charge in [-0.25, -0.2) is 4.98 Å². The van der Waals surface area contributed by atoms with Crippen molar-refractivity contribution in [3.05, 3.63) is 63.1 Å². The average Bonchev–Trinajstić information content (AvgIpc) is 3.46. The Bertz CT molecular complexity index is 1260. The van der Waals surface area contributed by atoms with E-state index in [1.54, 1.807) is 23.0 Å². The number of carbonyl (C=O) groups excluding carboxylic acids is 1. The smallest absolute Gasteiger partial charge is 0.263 e. The van der Waals surface area contributed by atoms with Crippen LogP contribution in [0, 0.1) is 0 Å². The van der Waals surface area contributed by atoms with Crippen molar-refractivity contribution >= 4 is 50.6 Å². The Labute approximate surface area is 191 Å². The van der Waals surface area contributed by atoms with Gasteiger partial charge in [0.05, 0.1) is 18.2 Å². The maximum Gasteiger partial charge on any atom is 0.263 e. The first-order chi connectivity index (χ1) is 15.1. The fourth-order valence-corrected chi connectivity index (χ4v) is 5.93. The fourth-order valence-electron chi connectivity index (χ4n) is 3.23. The lowest BCUT2D eigenvalue weighted by molar-refractivity contribution is -0.118. The number of fused-ring (bicyclic) bond motifs is 1. The molecule has 0 aliphatic rings. The molecule has 3 aromatic heterocycles. The summed E-state index contributed by atoms with van der Waals surface area (Å²) in [5, 5.41) is 8.10. The van der Waals surface area contributed by atoms with Crippen LogP contribution in [0.2, 0.25) is 0 Å². The normalized spacial score (nSPS) is 11.0. The molecule has 0 fully saturated rings. The average molecular weight is 472 g/mol. The van der Waals surface area contributed by atoms with Gasteiger partial charge in [0.15, 0.2) is 5.16 Å². The fraction of sp³-hybridized carbons (Fsp3) is 0.227. The third-order valence-electron chi connectivity index (χ3n) is 4.76. The van der Waals surface area contributed by atoms with Crippen molar-refractivity contribution < 1.29 is 9.53 Å². The topological polar surface area (TPSA) is 73.2 Å². The molecule has 0 unspecified atom stereocenters. The summed E-state index contributed by atoms with van der Waals surface area (Å²) in [7, 11) is 1.61. The summed E-state index contributed by atoms with van der Waals surface area (Å²) in [5.74, 6) is 0.788. The summed E-state index contributed by atoms with van der Waals surface area (Å²) in [6.45, 7) is 2.79. The first-order valence-corrected chi connectivity index (χ1v) is 12.4. The summed E-state index contributed by atoms with van der Waals surface area (Å²) in [5.41, 5.74) is 1.78. The molecule has 0 spiro atoms. The highest BCUT2D eigenvalue weighted by Gasteiger charge is 2.18. The van der Waals surface area contributed by atoms with Crippen LogP contribution >= 0.6 is 34.4 Å². The van der Waals surface area contributed by atoms with Crippen LogP contribution < -0.4 is 15.6 Å². The number of ether oxygens (including phenoxy) is 1. The van der Waals surface area contributed by atoms with E-state index in [-0.39, 0.29) is 17.2 Å². The number of methoxy groups -OCH3 is 1. The van der Waals surface area contributed by atoms with Crippen LogP contribution in [0.25, 0.3) is 20.7 Å². The van der Waals surface area contributed by atoms with Gasteiger partial charge >= 0.3 is 0 Å². The molecule has 1 N–H and O–H groups in total. The second kappa shape index (κ2) is 9.67. The van der Waals surface area contributed by atoms with Crippen LogP contribution in [-0.4, -0.2) is 28.3 Å². The largest absolute Gasteiger partial charge is 0.496 e. The van der Waals surface area contributed by atoms with Gasteiger partial charge in [-0.15, -0.1) is 22.7 Å². The van der Waals surface area contributed by atoms with E-state index in [1.165, 1.54) is 23.1 Å². The standard InChI is InChI=1S/C22H21N3O3S3/c1-3-25-21(27)19-15(17-9-6-10-29-17)12-30-20(19)24-22(25)31-13-18(26)23-11-14-7-4-5-8-16(14)28-2/h4-10,12H,3,11,13H2,1-2H3,(H,23,26). The molecule has 3 heterocycles. The van der Waals surface area contributed by atoms with Gasteiger partial charge in [-0.1, -0.05) is 36.0 Å². The minimum absolute atomic E-state index is 0.0610. The van der Waals surface area contributed by atoms with Crippen LogP contribution in [0.1, 0.15) is 12.5 Å². The summed E-state index contributed by atoms with van der Waals surface area (Å²) in [6.07, 6.45) is 0. The highest BCUT2D eigenvalue weighted by Crippen LogP contribution is 2.34. The summed E-state index contributed by atoms with van der Waals surface area (Å²) >= 11 is 4.34. The molecule has 0 bridgehead atoms. The lowest BCUT2D eigenvalue weighted by atomic mass is 10.2. The Hall–Kier alpha value is -2.62. The zero-order valence-electron chi connectivity index (χ0n) is 17.1. The van der Waals surface area contributed by atoms with E-state index in [1.807, 2.05) is 54.1 Å². The molecule has 0 saturated heterocycles. The molecule has 6 nitrogen and oxygen atoms in total. The molecule has 0 saturated carbocycles. The van der Waals surface area contributed by atoms with Crippen LogP contribution in [0.5, 0.6) is 5.75 Å². The van der Waals surface area contributed by atoms with Gasteiger partial charge in [-0.05, 0) is 24.4 Å². The van der Waals surface area contributed by atoms with E-state index in [0.717, 1.165) is 21.8 Å². The minimum atomic E-state index is -0.127.